The molecule has 0 amide bonds. The van der Waals surface area contributed by atoms with Crippen LogP contribution in [0.4, 0.5) is 33.6 Å². The number of fused-ring (bicyclic) bond motifs is 4. The summed E-state index contributed by atoms with van der Waals surface area (Å²) in [7, 11) is 1.64. The zero-order valence-electron chi connectivity index (χ0n) is 26.1. The van der Waals surface area contributed by atoms with E-state index >= 15 is 4.39 Å². The summed E-state index contributed by atoms with van der Waals surface area (Å²) in [6.07, 6.45) is -1.31. The maximum atomic E-state index is 16.8. The lowest BCUT2D eigenvalue weighted by atomic mass is 9.95. The normalized spacial score (nSPS) is 27.4. The number of hydrogen-bond acceptors (Lipinski definition) is 9. The van der Waals surface area contributed by atoms with Crippen molar-refractivity contribution in [3.8, 4) is 17.3 Å². The Morgan fingerprint density at radius 1 is 1.19 bits per heavy atom. The number of aryl methyl sites for hydroxylation is 1. The second-order valence-corrected chi connectivity index (χ2v) is 13.6. The van der Waals surface area contributed by atoms with Crippen molar-refractivity contribution in [2.75, 3.05) is 50.6 Å². The maximum absolute atomic E-state index is 16.8. The van der Waals surface area contributed by atoms with Crippen LogP contribution in [0.15, 0.2) is 12.1 Å². The number of nitrogens with one attached hydrogen (secondary N) is 1. The first-order chi connectivity index (χ1) is 22.4. The van der Waals surface area contributed by atoms with Crippen LogP contribution in [0.1, 0.15) is 49.7 Å². The summed E-state index contributed by atoms with van der Waals surface area (Å²) in [5.74, 6) is -0.905. The average Bonchev–Trinajstić information content (AvgIpc) is 3.74. The zero-order chi connectivity index (χ0) is 33.2. The molecule has 15 heteroatoms. The lowest BCUT2D eigenvalue weighted by Gasteiger charge is -2.31. The molecule has 4 aliphatic rings. The van der Waals surface area contributed by atoms with Gasteiger partial charge in [-0.15, -0.1) is 0 Å². The van der Waals surface area contributed by atoms with Crippen LogP contribution in [0.5, 0.6) is 6.01 Å². The molecule has 0 aliphatic carbocycles. The van der Waals surface area contributed by atoms with Gasteiger partial charge >= 0.3 is 12.2 Å². The van der Waals surface area contributed by atoms with Gasteiger partial charge in [-0.25, -0.2) is 13.8 Å². The van der Waals surface area contributed by atoms with E-state index in [0.29, 0.717) is 31.9 Å². The van der Waals surface area contributed by atoms with Crippen LogP contribution < -0.4 is 20.7 Å². The largest absolute Gasteiger partial charge is 0.461 e. The Kier molecular flexibility index (Phi) is 8.37. The number of alkyl halides is 4. The van der Waals surface area contributed by atoms with E-state index in [-0.39, 0.29) is 58.0 Å². The Morgan fingerprint density at radius 2 is 2.00 bits per heavy atom. The molecule has 9 nitrogen and oxygen atoms in total. The van der Waals surface area contributed by atoms with Gasteiger partial charge in [0.05, 0.1) is 34.0 Å². The Hall–Kier alpha value is -3.07. The van der Waals surface area contributed by atoms with Crippen molar-refractivity contribution < 1.29 is 31.4 Å². The smallest absolute Gasteiger partial charge is 0.418 e. The molecule has 47 heavy (non-hydrogen) atoms. The molecule has 254 valence electrons. The molecule has 0 spiro atoms. The summed E-state index contributed by atoms with van der Waals surface area (Å²) in [5, 5.41) is 3.51. The Bertz CT molecular complexity index is 1700. The second-order valence-electron chi connectivity index (χ2n) is 13.2. The van der Waals surface area contributed by atoms with Crippen molar-refractivity contribution in [1.29, 1.82) is 0 Å². The third-order valence-electron chi connectivity index (χ3n) is 10.3. The summed E-state index contributed by atoms with van der Waals surface area (Å²) in [4.78, 5) is 17.4. The Morgan fingerprint density at radius 3 is 2.77 bits per heavy atom. The first-order valence-corrected chi connectivity index (χ1v) is 16.3. The van der Waals surface area contributed by atoms with E-state index < -0.39 is 40.5 Å². The molecule has 5 atom stereocenters. The maximum Gasteiger partial charge on any atom is 0.418 e. The van der Waals surface area contributed by atoms with E-state index in [9.17, 15) is 17.6 Å². The lowest BCUT2D eigenvalue weighted by molar-refractivity contribution is -0.137. The van der Waals surface area contributed by atoms with Gasteiger partial charge in [-0.05, 0) is 63.3 Å². The molecule has 1 aromatic carbocycles. The van der Waals surface area contributed by atoms with Crippen LogP contribution in [0.25, 0.3) is 22.2 Å². The standard InChI is InChI=1S/C32H37ClF5N7O2/c1-16-10-23(39)41-28(25(16)32(36,37)38)24-20(33)12-19-27(26(24)35)42-30(47-15-31-6-3-8-44(31)14-17(34)13-31)43-29(19)45-18-4-5-22(45)21(11-18)40-7-9-46-2/h10,12,17-18,21-22,40H,3-9,11,13-15H2,1-2H3,(H2,39,41)/t17-,18-,21?,22+,31+/m1/s1. The van der Waals surface area contributed by atoms with Gasteiger partial charge in [0, 0.05) is 50.1 Å². The lowest BCUT2D eigenvalue weighted by Crippen LogP contribution is -2.43. The number of nitrogens with two attached hydrogens (primary N) is 1. The molecule has 0 saturated carbocycles. The first kappa shape index (κ1) is 32.5. The first-order valence-electron chi connectivity index (χ1n) is 16.0. The van der Waals surface area contributed by atoms with Crippen molar-refractivity contribution in [2.24, 2.45) is 0 Å². The average molecular weight is 682 g/mol. The minimum absolute atomic E-state index is 0.0189. The zero-order valence-corrected chi connectivity index (χ0v) is 26.9. The topological polar surface area (TPSA) is 102 Å². The van der Waals surface area contributed by atoms with Gasteiger partial charge in [0.25, 0.3) is 0 Å². The van der Waals surface area contributed by atoms with E-state index in [1.165, 1.54) is 13.0 Å². The molecule has 4 saturated heterocycles. The van der Waals surface area contributed by atoms with Crippen LogP contribution in [0.2, 0.25) is 5.02 Å². The number of aromatic nitrogens is 3. The van der Waals surface area contributed by atoms with E-state index in [0.717, 1.165) is 44.7 Å². The highest BCUT2D eigenvalue weighted by molar-refractivity contribution is 6.34. The van der Waals surface area contributed by atoms with E-state index in [1.54, 1.807) is 7.11 Å². The number of benzene rings is 1. The minimum atomic E-state index is -4.86. The van der Waals surface area contributed by atoms with Crippen LogP contribution in [-0.2, 0) is 10.9 Å². The highest BCUT2D eigenvalue weighted by Crippen LogP contribution is 2.48. The number of pyridine rings is 1. The van der Waals surface area contributed by atoms with Crippen molar-refractivity contribution in [1.82, 2.24) is 25.2 Å². The number of anilines is 2. The van der Waals surface area contributed by atoms with Crippen LogP contribution in [0.3, 0.4) is 0 Å². The summed E-state index contributed by atoms with van der Waals surface area (Å²) < 4.78 is 85.7. The monoisotopic (exact) mass is 681 g/mol. The quantitative estimate of drug-likeness (QED) is 0.218. The number of methoxy groups -OCH3 is 1. The molecule has 4 aliphatic heterocycles. The van der Waals surface area contributed by atoms with Crippen molar-refractivity contribution >= 4 is 34.1 Å². The molecular weight excluding hydrogens is 645 g/mol. The molecule has 7 rings (SSSR count). The molecule has 3 N–H and O–H groups in total. The number of nitrogens with zero attached hydrogens (tertiary/aromatic N) is 5. The minimum Gasteiger partial charge on any atom is -0.461 e. The fourth-order valence-corrected chi connectivity index (χ4v) is 8.69. The van der Waals surface area contributed by atoms with Gasteiger partial charge in [-0.1, -0.05) is 11.6 Å². The number of hydrogen-bond donors (Lipinski definition) is 2. The van der Waals surface area contributed by atoms with Gasteiger partial charge in [0.15, 0.2) is 5.82 Å². The van der Waals surface area contributed by atoms with Gasteiger partial charge in [-0.3, -0.25) is 4.90 Å². The molecule has 1 unspecified atom stereocenters. The summed E-state index contributed by atoms with van der Waals surface area (Å²) in [5.41, 5.74) is 2.47. The number of rotatable bonds is 9. The summed E-state index contributed by atoms with van der Waals surface area (Å²) in [6, 6.07) is 2.58. The molecule has 3 aromatic rings. The highest BCUT2D eigenvalue weighted by Gasteiger charge is 2.50. The SMILES string of the molecule is COCCNC1C[C@H]2CC[C@@H]1N2c1nc(OC[C@@]23CCCN2C[C@H](F)C3)nc2c(F)c(-c3nc(N)cc(C)c3C(F)(F)F)c(Cl)cc12. The van der Waals surface area contributed by atoms with Crippen molar-refractivity contribution in [2.45, 2.75) is 81.5 Å². The van der Waals surface area contributed by atoms with Gasteiger partial charge in [-0.2, -0.15) is 23.1 Å². The summed E-state index contributed by atoms with van der Waals surface area (Å²) >= 11 is 6.65. The number of ether oxygens (including phenoxy) is 2. The van der Waals surface area contributed by atoms with Crippen LogP contribution >= 0.6 is 11.6 Å². The molecule has 0 radical (unpaired) electrons. The summed E-state index contributed by atoms with van der Waals surface area (Å²) in [6.45, 7) is 3.62. The fraction of sp³-hybridized carbons (Fsp3) is 0.594. The number of nitrogen functional groups attached to an aromatic ring is 1. The molecule has 2 bridgehead atoms. The highest BCUT2D eigenvalue weighted by atomic mass is 35.5. The van der Waals surface area contributed by atoms with Crippen molar-refractivity contribution in [3.63, 3.8) is 0 Å². The third kappa shape index (κ3) is 5.64. The Labute approximate surface area is 274 Å². The van der Waals surface area contributed by atoms with Crippen LogP contribution in [0, 0.1) is 12.7 Å². The fourth-order valence-electron chi connectivity index (χ4n) is 8.41. The molecular formula is C32H37ClF5N7O2. The Balaban J connectivity index is 1.36. The van der Waals surface area contributed by atoms with Crippen LogP contribution in [-0.4, -0.2) is 89.6 Å². The molecule has 6 heterocycles. The predicted octanol–water partition coefficient (Wildman–Crippen LogP) is 5.69. The van der Waals surface area contributed by atoms with Gasteiger partial charge in [0.1, 0.15) is 29.9 Å². The molecule has 2 aromatic heterocycles. The predicted molar refractivity (Wildman–Crippen MR) is 168 cm³/mol. The third-order valence-corrected chi connectivity index (χ3v) is 10.6. The van der Waals surface area contributed by atoms with E-state index in [1.807, 2.05) is 0 Å². The number of halogens is 6. The second kappa shape index (κ2) is 12.1. The van der Waals surface area contributed by atoms with Crippen molar-refractivity contribution in [3.05, 3.63) is 34.1 Å². The van der Waals surface area contributed by atoms with E-state index in [4.69, 9.17) is 31.8 Å². The molecule has 4 fully saturated rings. The van der Waals surface area contributed by atoms with Gasteiger partial charge < -0.3 is 25.4 Å². The van der Waals surface area contributed by atoms with E-state index in [2.05, 4.69) is 25.1 Å². The van der Waals surface area contributed by atoms with Gasteiger partial charge in [0.2, 0.25) is 0 Å².